The smallest absolute Gasteiger partial charge is 0.158 e. The molecule has 1 fully saturated rings. The highest BCUT2D eigenvalue weighted by molar-refractivity contribution is 9.09. The molecule has 0 N–H and O–H groups in total. The van der Waals surface area contributed by atoms with Crippen molar-refractivity contribution < 1.29 is 9.47 Å². The largest absolute Gasteiger partial charge is 0.353 e. The van der Waals surface area contributed by atoms with Crippen LogP contribution in [0.1, 0.15) is 12.8 Å². The average molecular weight is 219 g/mol. The molecule has 2 radical (unpaired) electrons. The van der Waals surface area contributed by atoms with E-state index in [1.54, 1.807) is 0 Å². The van der Waals surface area contributed by atoms with Gasteiger partial charge in [0.1, 0.15) is 0 Å². The molecule has 4 heteroatoms. The van der Waals surface area contributed by atoms with E-state index in [0.29, 0.717) is 0 Å². The van der Waals surface area contributed by atoms with Crippen molar-refractivity contribution >= 4 is 39.0 Å². The lowest BCUT2D eigenvalue weighted by atomic mass is 10.4. The molecule has 0 aromatic carbocycles. The number of rotatable bonds is 2. The van der Waals surface area contributed by atoms with E-state index in [1.807, 2.05) is 0 Å². The Morgan fingerprint density at radius 2 is 1.90 bits per heavy atom. The van der Waals surface area contributed by atoms with Gasteiger partial charge in [-0.05, 0) is 6.42 Å². The predicted molar refractivity (Wildman–Crippen MR) is 44.5 cm³/mol. The van der Waals surface area contributed by atoms with Gasteiger partial charge in [-0.3, -0.25) is 0 Å². The Balaban J connectivity index is 0.000000810. The summed E-state index contributed by atoms with van der Waals surface area (Å²) in [5, 5.41) is 0.956. The molecule has 2 nitrogen and oxygen atoms in total. The first-order valence-electron chi connectivity index (χ1n) is 3.22. The van der Waals surface area contributed by atoms with Gasteiger partial charge in [-0.15, -0.1) is 0 Å². The lowest BCUT2D eigenvalue weighted by molar-refractivity contribution is -0.178. The van der Waals surface area contributed by atoms with Crippen molar-refractivity contribution in [3.8, 4) is 0 Å². The van der Waals surface area contributed by atoms with E-state index in [0.717, 1.165) is 31.4 Å². The molecule has 0 saturated carbocycles. The average Bonchev–Trinajstić information content (AvgIpc) is 1.91. The monoisotopic (exact) mass is 218 g/mol. The highest BCUT2D eigenvalue weighted by atomic mass is 79.9. The molecule has 0 amide bonds. The van der Waals surface area contributed by atoms with Gasteiger partial charge < -0.3 is 9.47 Å². The molecule has 0 atom stereocenters. The number of hydrogen-bond acceptors (Lipinski definition) is 2. The quantitative estimate of drug-likeness (QED) is 0.512. The maximum absolute atomic E-state index is 5.27. The van der Waals surface area contributed by atoms with Gasteiger partial charge >= 0.3 is 0 Å². The zero-order chi connectivity index (χ0) is 6.53. The molecule has 56 valence electrons. The van der Waals surface area contributed by atoms with Gasteiger partial charge in [0.2, 0.25) is 0 Å². The van der Waals surface area contributed by atoms with Gasteiger partial charge in [0.25, 0.3) is 0 Å². The molecule has 1 heterocycles. The van der Waals surface area contributed by atoms with Crippen LogP contribution in [0.4, 0.5) is 0 Å². The molecule has 1 aliphatic heterocycles. The molecule has 0 aromatic rings. The summed E-state index contributed by atoms with van der Waals surface area (Å²) in [4.78, 5) is 0. The fourth-order valence-corrected chi connectivity index (χ4v) is 1.17. The number of alkyl halides is 1. The van der Waals surface area contributed by atoms with Crippen LogP contribution in [-0.4, -0.2) is 47.9 Å². The summed E-state index contributed by atoms with van der Waals surface area (Å²) >= 11 is 3.32. The fourth-order valence-electron chi connectivity index (χ4n) is 0.792. The molecule has 0 bridgehead atoms. The first kappa shape index (κ1) is 11.2. The van der Waals surface area contributed by atoms with Crippen LogP contribution in [0.5, 0.6) is 0 Å². The normalized spacial score (nSPS) is 20.1. The molecule has 1 saturated heterocycles. The third-order valence-electron chi connectivity index (χ3n) is 1.24. The lowest BCUT2D eigenvalue weighted by Crippen LogP contribution is -2.24. The Kier molecular flexibility index (Phi) is 7.65. The van der Waals surface area contributed by atoms with Crippen LogP contribution in [0.2, 0.25) is 0 Å². The topological polar surface area (TPSA) is 18.5 Å². The van der Waals surface area contributed by atoms with Crippen molar-refractivity contribution in [2.24, 2.45) is 0 Å². The maximum Gasteiger partial charge on any atom is 0.158 e. The second kappa shape index (κ2) is 6.85. The zero-order valence-corrected chi connectivity index (χ0v) is 9.01. The van der Waals surface area contributed by atoms with Crippen LogP contribution < -0.4 is 0 Å². The van der Waals surface area contributed by atoms with Crippen molar-refractivity contribution in [1.29, 1.82) is 0 Å². The van der Waals surface area contributed by atoms with Gasteiger partial charge in [-0.1, -0.05) is 15.9 Å². The molecule has 0 aliphatic carbocycles. The van der Waals surface area contributed by atoms with Crippen molar-refractivity contribution in [3.05, 3.63) is 0 Å². The Morgan fingerprint density at radius 1 is 1.30 bits per heavy atom. The Morgan fingerprint density at radius 3 is 2.40 bits per heavy atom. The van der Waals surface area contributed by atoms with Crippen molar-refractivity contribution in [2.45, 2.75) is 19.1 Å². The van der Waals surface area contributed by atoms with E-state index in [1.165, 1.54) is 0 Å². The third kappa shape index (κ3) is 4.13. The van der Waals surface area contributed by atoms with Crippen molar-refractivity contribution in [3.63, 3.8) is 0 Å². The second-order valence-electron chi connectivity index (χ2n) is 2.00. The first-order chi connectivity index (χ1) is 4.43. The predicted octanol–water partition coefficient (Wildman–Crippen LogP) is 1.15. The summed E-state index contributed by atoms with van der Waals surface area (Å²) in [5.74, 6) is 0. The van der Waals surface area contributed by atoms with Gasteiger partial charge in [-0.25, -0.2) is 0 Å². The van der Waals surface area contributed by atoms with Crippen LogP contribution in [-0.2, 0) is 9.47 Å². The number of ether oxygens (including phenoxy) is 2. The van der Waals surface area contributed by atoms with E-state index in [4.69, 9.17) is 9.47 Å². The molecular weight excluding hydrogens is 208 g/mol. The summed E-state index contributed by atoms with van der Waals surface area (Å²) in [5.41, 5.74) is 0. The van der Waals surface area contributed by atoms with Crippen molar-refractivity contribution in [1.82, 2.24) is 0 Å². The van der Waals surface area contributed by atoms with Gasteiger partial charge in [0.05, 0.1) is 13.2 Å². The summed E-state index contributed by atoms with van der Waals surface area (Å²) in [6.07, 6.45) is 2.05. The van der Waals surface area contributed by atoms with Crippen LogP contribution in [0, 0.1) is 0 Å². The summed E-state index contributed by atoms with van der Waals surface area (Å²) in [6, 6.07) is 0. The molecule has 0 unspecified atom stereocenters. The summed E-state index contributed by atoms with van der Waals surface area (Å²) in [6.45, 7) is 1.72. The highest BCUT2D eigenvalue weighted by Gasteiger charge is 2.11. The van der Waals surface area contributed by atoms with Gasteiger partial charge in [0.15, 0.2) is 6.29 Å². The van der Waals surface area contributed by atoms with Gasteiger partial charge in [0, 0.05) is 34.8 Å². The number of hydrogen-bond donors (Lipinski definition) is 0. The minimum Gasteiger partial charge on any atom is -0.353 e. The third-order valence-corrected chi connectivity index (χ3v) is 1.70. The minimum absolute atomic E-state index is 0. The molecule has 10 heavy (non-hydrogen) atoms. The van der Waals surface area contributed by atoms with E-state index >= 15 is 0 Å². The van der Waals surface area contributed by atoms with Crippen molar-refractivity contribution in [2.75, 3.05) is 18.5 Å². The lowest BCUT2D eigenvalue weighted by Gasteiger charge is -2.22. The molecular formula is C6H11BrMgO2. The van der Waals surface area contributed by atoms with Crippen LogP contribution in [0.25, 0.3) is 0 Å². The highest BCUT2D eigenvalue weighted by Crippen LogP contribution is 2.08. The standard InChI is InChI=1S/C6H11BrO2.Mg/c7-3-2-6-8-4-1-5-9-6;/h6H,1-5H2;. The summed E-state index contributed by atoms with van der Waals surface area (Å²) in [7, 11) is 0. The maximum atomic E-state index is 5.27. The first-order valence-corrected chi connectivity index (χ1v) is 4.35. The molecule has 0 aromatic heterocycles. The minimum atomic E-state index is 0. The second-order valence-corrected chi connectivity index (χ2v) is 2.80. The van der Waals surface area contributed by atoms with E-state index < -0.39 is 0 Å². The molecule has 1 rings (SSSR count). The van der Waals surface area contributed by atoms with E-state index in [2.05, 4.69) is 15.9 Å². The Labute approximate surface area is 85.9 Å². The number of halogens is 1. The van der Waals surface area contributed by atoms with Gasteiger partial charge in [-0.2, -0.15) is 0 Å². The SMILES string of the molecule is BrCCC1OCCCO1.[Mg]. The fraction of sp³-hybridized carbons (Fsp3) is 1.00. The van der Waals surface area contributed by atoms with Crippen LogP contribution in [0.15, 0.2) is 0 Å². The van der Waals surface area contributed by atoms with E-state index in [-0.39, 0.29) is 29.3 Å². The Bertz CT molecular complexity index is 73.4. The van der Waals surface area contributed by atoms with E-state index in [9.17, 15) is 0 Å². The van der Waals surface area contributed by atoms with Crippen LogP contribution in [0.3, 0.4) is 0 Å². The Hall–Kier alpha value is 1.17. The molecule has 1 aliphatic rings. The zero-order valence-electron chi connectivity index (χ0n) is 6.01. The summed E-state index contributed by atoms with van der Waals surface area (Å²) < 4.78 is 10.5. The van der Waals surface area contributed by atoms with Crippen LogP contribution >= 0.6 is 15.9 Å². The molecule has 0 spiro atoms.